The van der Waals surface area contributed by atoms with Gasteiger partial charge in [-0.1, -0.05) is 12.1 Å². The molecule has 4 aliphatic rings. The number of hydrogen-bond donors (Lipinski definition) is 4. The molecule has 6 heterocycles. The molecule has 4 N–H and O–H groups in total. The number of fused-ring (bicyclic) bond motifs is 1. The molecule has 7 heteroatoms. The molecule has 4 fully saturated rings. The first-order valence-corrected chi connectivity index (χ1v) is 12.9. The molecule has 4 unspecified atom stereocenters. The van der Waals surface area contributed by atoms with E-state index in [1.165, 1.54) is 50.0 Å². The minimum Gasteiger partial charge on any atom is -0.357 e. The Morgan fingerprint density at radius 2 is 1.76 bits per heavy atom. The Kier molecular flexibility index (Phi) is 6.29. The van der Waals surface area contributed by atoms with E-state index in [0.29, 0.717) is 18.0 Å². The minimum atomic E-state index is 0.239. The van der Waals surface area contributed by atoms with Gasteiger partial charge in [0.1, 0.15) is 5.82 Å². The Bertz CT molecular complexity index is 908. The molecular weight excluding hydrogens is 410 g/mol. The van der Waals surface area contributed by atoms with E-state index in [0.717, 1.165) is 43.7 Å². The fraction of sp³-hybridized carbons (Fsp3) is 0.615. The van der Waals surface area contributed by atoms with Gasteiger partial charge in [-0.2, -0.15) is 0 Å². The first kappa shape index (κ1) is 21.5. The van der Waals surface area contributed by atoms with Crippen LogP contribution in [0.1, 0.15) is 55.4 Å². The molecule has 7 nitrogen and oxygen atoms in total. The maximum absolute atomic E-state index is 5.19. The Labute approximate surface area is 197 Å². The van der Waals surface area contributed by atoms with Crippen LogP contribution < -0.4 is 26.4 Å². The van der Waals surface area contributed by atoms with Crippen molar-refractivity contribution in [2.45, 2.75) is 50.2 Å². The normalized spacial score (nSPS) is 31.5. The van der Waals surface area contributed by atoms with Gasteiger partial charge in [0.05, 0.1) is 11.7 Å². The summed E-state index contributed by atoms with van der Waals surface area (Å²) in [5, 5.41) is 7.21. The fourth-order valence-corrected chi connectivity index (χ4v) is 6.60. The van der Waals surface area contributed by atoms with Crippen molar-refractivity contribution in [2.24, 2.45) is 17.8 Å². The molecule has 0 bridgehead atoms. The van der Waals surface area contributed by atoms with E-state index < -0.39 is 0 Å². The van der Waals surface area contributed by atoms with Crippen LogP contribution in [0.3, 0.4) is 0 Å². The molecular formula is C26H37N7. The van der Waals surface area contributed by atoms with Crippen LogP contribution in [0.25, 0.3) is 0 Å². The molecule has 6 rings (SSSR count). The van der Waals surface area contributed by atoms with Gasteiger partial charge in [-0.3, -0.25) is 10.4 Å². The van der Waals surface area contributed by atoms with Gasteiger partial charge in [-0.25, -0.2) is 10.4 Å². The lowest BCUT2D eigenvalue weighted by atomic mass is 9.79. The lowest BCUT2D eigenvalue weighted by molar-refractivity contribution is 0.221. The molecule has 2 aromatic rings. The third kappa shape index (κ3) is 4.52. The van der Waals surface area contributed by atoms with E-state index in [2.05, 4.69) is 55.6 Å². The minimum absolute atomic E-state index is 0.239. The van der Waals surface area contributed by atoms with Crippen LogP contribution in [0.4, 0.5) is 5.82 Å². The molecule has 0 saturated carbocycles. The van der Waals surface area contributed by atoms with Crippen LogP contribution in [0.2, 0.25) is 0 Å². The number of hydrogen-bond acceptors (Lipinski definition) is 7. The maximum Gasteiger partial charge on any atom is 0.128 e. The zero-order chi connectivity index (χ0) is 22.0. The van der Waals surface area contributed by atoms with Gasteiger partial charge in [0.25, 0.3) is 0 Å². The monoisotopic (exact) mass is 447 g/mol. The lowest BCUT2D eigenvalue weighted by Crippen LogP contribution is -2.46. The third-order valence-corrected chi connectivity index (χ3v) is 8.54. The molecule has 0 spiro atoms. The number of rotatable bonds is 4. The molecule has 0 aliphatic carbocycles. The molecule has 2 aromatic heterocycles. The highest BCUT2D eigenvalue weighted by molar-refractivity contribution is 5.40. The number of pyridine rings is 2. The predicted molar refractivity (Wildman–Crippen MR) is 131 cm³/mol. The molecule has 4 atom stereocenters. The standard InChI is InChI=1S/C26H37N7/c1-4-22(26-21-15-23(20-3-2-10-28-16-20)29-17-24(21)31-32-26)30-25(5-1)33-13-8-19(9-14-33)18-6-11-27-12-7-18/h1-5,10,16,18-19,21,23-24,26-27,29,31-32H,6-9,11-15,17H2. The van der Waals surface area contributed by atoms with Gasteiger partial charge in [0.2, 0.25) is 0 Å². The summed E-state index contributed by atoms with van der Waals surface area (Å²) < 4.78 is 0. The van der Waals surface area contributed by atoms with Crippen molar-refractivity contribution in [3.63, 3.8) is 0 Å². The number of nitrogens with one attached hydrogen (secondary N) is 4. The molecule has 0 radical (unpaired) electrons. The summed E-state index contributed by atoms with van der Waals surface area (Å²) in [4.78, 5) is 12.0. The maximum atomic E-state index is 5.19. The number of hydrazine groups is 1. The van der Waals surface area contributed by atoms with Crippen molar-refractivity contribution < 1.29 is 0 Å². The van der Waals surface area contributed by atoms with E-state index in [9.17, 15) is 0 Å². The average molecular weight is 448 g/mol. The highest BCUT2D eigenvalue weighted by atomic mass is 15.4. The smallest absolute Gasteiger partial charge is 0.128 e. The third-order valence-electron chi connectivity index (χ3n) is 8.54. The molecule has 0 amide bonds. The van der Waals surface area contributed by atoms with Gasteiger partial charge >= 0.3 is 0 Å². The number of nitrogens with zero attached hydrogens (tertiary/aromatic N) is 3. The largest absolute Gasteiger partial charge is 0.357 e. The summed E-state index contributed by atoms with van der Waals surface area (Å²) in [7, 11) is 0. The van der Waals surface area contributed by atoms with E-state index >= 15 is 0 Å². The molecule has 4 saturated heterocycles. The van der Waals surface area contributed by atoms with Crippen molar-refractivity contribution in [2.75, 3.05) is 37.6 Å². The second kappa shape index (κ2) is 9.66. The number of piperidine rings is 3. The molecule has 4 aliphatic heterocycles. The molecule has 176 valence electrons. The van der Waals surface area contributed by atoms with Crippen molar-refractivity contribution in [1.82, 2.24) is 31.5 Å². The van der Waals surface area contributed by atoms with Gasteiger partial charge in [-0.15, -0.1) is 0 Å². The Hall–Kier alpha value is -2.06. The van der Waals surface area contributed by atoms with Crippen LogP contribution in [0.5, 0.6) is 0 Å². The van der Waals surface area contributed by atoms with E-state index in [4.69, 9.17) is 4.98 Å². The number of anilines is 1. The summed E-state index contributed by atoms with van der Waals surface area (Å²) in [6.45, 7) is 5.64. The van der Waals surface area contributed by atoms with Gasteiger partial charge < -0.3 is 15.5 Å². The summed E-state index contributed by atoms with van der Waals surface area (Å²) in [6.07, 6.45) is 10.3. The first-order chi connectivity index (χ1) is 16.3. The van der Waals surface area contributed by atoms with Crippen LogP contribution in [0, 0.1) is 17.8 Å². The van der Waals surface area contributed by atoms with Crippen LogP contribution in [0.15, 0.2) is 42.7 Å². The zero-order valence-corrected chi connectivity index (χ0v) is 19.4. The Morgan fingerprint density at radius 3 is 2.58 bits per heavy atom. The topological polar surface area (TPSA) is 77.1 Å². The van der Waals surface area contributed by atoms with Gasteiger partial charge in [-0.05, 0) is 80.8 Å². The highest BCUT2D eigenvalue weighted by Crippen LogP contribution is 2.38. The van der Waals surface area contributed by atoms with Crippen molar-refractivity contribution in [3.05, 3.63) is 54.0 Å². The zero-order valence-electron chi connectivity index (χ0n) is 19.4. The van der Waals surface area contributed by atoms with Crippen LogP contribution in [-0.4, -0.2) is 48.7 Å². The SMILES string of the molecule is c1cncc(C2CC3C(CN2)NNC3c2cccc(N3CCC(C4CCNCC4)CC3)n2)c1. The molecule has 33 heavy (non-hydrogen) atoms. The fourth-order valence-electron chi connectivity index (χ4n) is 6.60. The predicted octanol–water partition coefficient (Wildman–Crippen LogP) is 2.56. The van der Waals surface area contributed by atoms with Crippen LogP contribution >= 0.6 is 0 Å². The second-order valence-electron chi connectivity index (χ2n) is 10.4. The van der Waals surface area contributed by atoms with Gasteiger partial charge in [0.15, 0.2) is 0 Å². The van der Waals surface area contributed by atoms with Gasteiger partial charge in [0, 0.05) is 50.0 Å². The van der Waals surface area contributed by atoms with E-state index in [1.54, 1.807) is 0 Å². The summed E-state index contributed by atoms with van der Waals surface area (Å²) >= 11 is 0. The van der Waals surface area contributed by atoms with Crippen molar-refractivity contribution in [3.8, 4) is 0 Å². The first-order valence-electron chi connectivity index (χ1n) is 12.9. The van der Waals surface area contributed by atoms with Crippen molar-refractivity contribution >= 4 is 5.82 Å². The lowest BCUT2D eigenvalue weighted by Gasteiger charge is -2.38. The molecule has 0 aromatic carbocycles. The van der Waals surface area contributed by atoms with E-state index in [-0.39, 0.29) is 6.04 Å². The van der Waals surface area contributed by atoms with Crippen LogP contribution in [-0.2, 0) is 0 Å². The summed E-state index contributed by atoms with van der Waals surface area (Å²) in [6, 6.07) is 11.8. The quantitative estimate of drug-likeness (QED) is 0.574. The average Bonchev–Trinajstić information content (AvgIpc) is 3.33. The van der Waals surface area contributed by atoms with E-state index in [1.807, 2.05) is 18.5 Å². The Morgan fingerprint density at radius 1 is 0.909 bits per heavy atom. The van der Waals surface area contributed by atoms with Crippen molar-refractivity contribution in [1.29, 1.82) is 0 Å². The second-order valence-corrected chi connectivity index (χ2v) is 10.4. The summed E-state index contributed by atoms with van der Waals surface area (Å²) in [5.74, 6) is 3.47. The Balaban J connectivity index is 1.13. The number of aromatic nitrogens is 2. The highest BCUT2D eigenvalue weighted by Gasteiger charge is 2.42. The summed E-state index contributed by atoms with van der Waals surface area (Å²) in [5.41, 5.74) is 9.55.